The lowest BCUT2D eigenvalue weighted by atomic mass is 9.82. The van der Waals surface area contributed by atoms with Crippen LogP contribution in [0.1, 0.15) is 53.9 Å². The smallest absolute Gasteiger partial charge is 0.122 e. The largest absolute Gasteiger partial charge is 0.493 e. The van der Waals surface area contributed by atoms with Gasteiger partial charge < -0.3 is 10.1 Å². The molecule has 0 aromatic heterocycles. The van der Waals surface area contributed by atoms with Crippen LogP contribution in [0.4, 0.5) is 0 Å². The third-order valence-corrected chi connectivity index (χ3v) is 5.87. The van der Waals surface area contributed by atoms with Gasteiger partial charge in [0.25, 0.3) is 0 Å². The number of fused-ring (bicyclic) bond motifs is 1. The molecule has 0 radical (unpaired) electrons. The Morgan fingerprint density at radius 1 is 1.04 bits per heavy atom. The number of hydrogen-bond acceptors (Lipinski definition) is 2. The van der Waals surface area contributed by atoms with Crippen molar-refractivity contribution in [2.45, 2.75) is 44.4 Å². The zero-order valence-corrected chi connectivity index (χ0v) is 14.3. The van der Waals surface area contributed by atoms with Gasteiger partial charge in [-0.25, -0.2) is 0 Å². The predicted molar refractivity (Wildman–Crippen MR) is 98.5 cm³/mol. The molecule has 1 heterocycles. The quantitative estimate of drug-likeness (QED) is 0.780. The average molecular weight is 319 g/mol. The van der Waals surface area contributed by atoms with Crippen molar-refractivity contribution in [3.05, 3.63) is 64.7 Å². The van der Waals surface area contributed by atoms with Crippen LogP contribution in [0.5, 0.6) is 5.75 Å². The standard InChI is InChI=1S/C22H25NO/c1-2-15-3-5-16(6-4-15)19-8-9-20(21(19)14-23)17-7-10-22-18(13-17)11-12-24-22/h3-7,10,13-14,19-21,23H,2,8-9,11-12H2,1H3. The van der Waals surface area contributed by atoms with E-state index in [-0.39, 0.29) is 0 Å². The molecule has 1 aliphatic carbocycles. The van der Waals surface area contributed by atoms with Crippen molar-refractivity contribution >= 4 is 6.21 Å². The molecule has 4 rings (SSSR count). The molecule has 2 aromatic rings. The molecule has 3 atom stereocenters. The van der Waals surface area contributed by atoms with Gasteiger partial charge in [0, 0.05) is 12.3 Å². The average Bonchev–Trinajstić information content (AvgIpc) is 3.27. The molecule has 24 heavy (non-hydrogen) atoms. The predicted octanol–water partition coefficient (Wildman–Crippen LogP) is 5.11. The number of nitrogens with one attached hydrogen (secondary N) is 1. The highest BCUT2D eigenvalue weighted by Crippen LogP contribution is 2.48. The van der Waals surface area contributed by atoms with Gasteiger partial charge in [0.15, 0.2) is 0 Å². The van der Waals surface area contributed by atoms with E-state index in [1.807, 2.05) is 0 Å². The van der Waals surface area contributed by atoms with Gasteiger partial charge in [0.05, 0.1) is 6.61 Å². The summed E-state index contributed by atoms with van der Waals surface area (Å²) < 4.78 is 5.64. The van der Waals surface area contributed by atoms with Crippen LogP contribution in [-0.4, -0.2) is 12.8 Å². The van der Waals surface area contributed by atoms with Crippen molar-refractivity contribution in [1.29, 1.82) is 5.41 Å². The third kappa shape index (κ3) is 2.64. The van der Waals surface area contributed by atoms with Crippen LogP contribution in [-0.2, 0) is 12.8 Å². The summed E-state index contributed by atoms with van der Waals surface area (Å²) in [4.78, 5) is 0. The van der Waals surface area contributed by atoms with E-state index in [1.165, 1.54) is 35.1 Å². The minimum absolute atomic E-state index is 0.304. The van der Waals surface area contributed by atoms with Crippen molar-refractivity contribution in [3.63, 3.8) is 0 Å². The van der Waals surface area contributed by atoms with E-state index in [9.17, 15) is 0 Å². The second kappa shape index (κ2) is 6.43. The second-order valence-electron chi connectivity index (χ2n) is 7.10. The zero-order chi connectivity index (χ0) is 16.5. The molecule has 0 amide bonds. The number of ether oxygens (including phenoxy) is 1. The summed E-state index contributed by atoms with van der Waals surface area (Å²) in [7, 11) is 0. The molecule has 0 saturated heterocycles. The Kier molecular flexibility index (Phi) is 4.13. The van der Waals surface area contributed by atoms with Crippen molar-refractivity contribution in [2.75, 3.05) is 6.61 Å². The third-order valence-electron chi connectivity index (χ3n) is 5.87. The highest BCUT2D eigenvalue weighted by molar-refractivity contribution is 5.62. The maximum atomic E-state index is 8.04. The van der Waals surface area contributed by atoms with Crippen LogP contribution in [0.3, 0.4) is 0 Å². The summed E-state index contributed by atoms with van der Waals surface area (Å²) in [6, 6.07) is 15.7. The van der Waals surface area contributed by atoms with Crippen LogP contribution in [0.2, 0.25) is 0 Å². The molecule has 1 saturated carbocycles. The molecule has 1 N–H and O–H groups in total. The van der Waals surface area contributed by atoms with Gasteiger partial charge in [-0.3, -0.25) is 0 Å². The van der Waals surface area contributed by atoms with Gasteiger partial charge in [-0.1, -0.05) is 43.3 Å². The van der Waals surface area contributed by atoms with Gasteiger partial charge in [0.1, 0.15) is 5.75 Å². The topological polar surface area (TPSA) is 33.1 Å². The molecule has 3 unspecified atom stereocenters. The van der Waals surface area contributed by atoms with Crippen LogP contribution in [0.25, 0.3) is 0 Å². The maximum absolute atomic E-state index is 8.04. The van der Waals surface area contributed by atoms with Gasteiger partial charge in [-0.15, -0.1) is 0 Å². The fraction of sp³-hybridized carbons (Fsp3) is 0.409. The molecule has 1 aliphatic heterocycles. The maximum Gasteiger partial charge on any atom is 0.122 e. The van der Waals surface area contributed by atoms with E-state index >= 15 is 0 Å². The summed E-state index contributed by atoms with van der Waals surface area (Å²) in [5, 5.41) is 8.04. The summed E-state index contributed by atoms with van der Waals surface area (Å²) in [6.07, 6.45) is 6.13. The first-order chi connectivity index (χ1) is 11.8. The highest BCUT2D eigenvalue weighted by Gasteiger charge is 2.36. The SMILES string of the molecule is CCc1ccc(C2CCC(c3ccc4c(c3)CCO4)C2C=N)cc1. The van der Waals surface area contributed by atoms with Crippen LogP contribution in [0, 0.1) is 11.3 Å². The van der Waals surface area contributed by atoms with E-state index in [0.717, 1.165) is 25.2 Å². The van der Waals surface area contributed by atoms with E-state index in [2.05, 4.69) is 49.4 Å². The number of aryl methyl sites for hydroxylation is 1. The molecule has 2 aliphatic rings. The molecule has 1 fully saturated rings. The summed E-state index contributed by atoms with van der Waals surface area (Å²) >= 11 is 0. The van der Waals surface area contributed by atoms with E-state index < -0.39 is 0 Å². The first kappa shape index (κ1) is 15.4. The normalized spacial score (nSPS) is 25.3. The number of rotatable bonds is 4. The summed E-state index contributed by atoms with van der Waals surface area (Å²) in [5.41, 5.74) is 5.51. The molecule has 0 bridgehead atoms. The molecule has 2 heteroatoms. The Hall–Kier alpha value is -2.09. The first-order valence-electron chi connectivity index (χ1n) is 9.15. The molecule has 2 nitrogen and oxygen atoms in total. The van der Waals surface area contributed by atoms with Crippen LogP contribution >= 0.6 is 0 Å². The molecule has 2 aromatic carbocycles. The number of hydrogen-bond donors (Lipinski definition) is 1. The van der Waals surface area contributed by atoms with Crippen molar-refractivity contribution in [1.82, 2.24) is 0 Å². The Morgan fingerprint density at radius 3 is 2.46 bits per heavy atom. The lowest BCUT2D eigenvalue weighted by Crippen LogP contribution is -2.14. The van der Waals surface area contributed by atoms with Crippen molar-refractivity contribution in [2.24, 2.45) is 5.92 Å². The molecular weight excluding hydrogens is 294 g/mol. The molecule has 124 valence electrons. The Balaban J connectivity index is 1.60. The summed E-state index contributed by atoms with van der Waals surface area (Å²) in [5.74, 6) is 2.29. The zero-order valence-electron chi connectivity index (χ0n) is 14.3. The molecular formula is C22H25NO. The lowest BCUT2D eigenvalue weighted by Gasteiger charge is -2.22. The minimum atomic E-state index is 0.304. The fourth-order valence-electron chi connectivity index (χ4n) is 4.47. The Bertz CT molecular complexity index is 734. The van der Waals surface area contributed by atoms with Gasteiger partial charge in [-0.05, 0) is 65.6 Å². The summed E-state index contributed by atoms with van der Waals surface area (Å²) in [6.45, 7) is 3.00. The van der Waals surface area contributed by atoms with E-state index in [4.69, 9.17) is 10.1 Å². The van der Waals surface area contributed by atoms with Gasteiger partial charge in [0.2, 0.25) is 0 Å². The van der Waals surface area contributed by atoms with Crippen LogP contribution < -0.4 is 4.74 Å². The monoisotopic (exact) mass is 319 g/mol. The number of benzene rings is 2. The highest BCUT2D eigenvalue weighted by atomic mass is 16.5. The fourth-order valence-corrected chi connectivity index (χ4v) is 4.47. The van der Waals surface area contributed by atoms with E-state index in [0.29, 0.717) is 17.8 Å². The van der Waals surface area contributed by atoms with Crippen molar-refractivity contribution < 1.29 is 4.74 Å². The molecule has 0 spiro atoms. The van der Waals surface area contributed by atoms with Crippen molar-refractivity contribution in [3.8, 4) is 5.75 Å². The van der Waals surface area contributed by atoms with E-state index in [1.54, 1.807) is 6.21 Å². The Morgan fingerprint density at radius 2 is 1.75 bits per heavy atom. The van der Waals surface area contributed by atoms with Gasteiger partial charge >= 0.3 is 0 Å². The van der Waals surface area contributed by atoms with Crippen LogP contribution in [0.15, 0.2) is 42.5 Å². The first-order valence-corrected chi connectivity index (χ1v) is 9.15. The minimum Gasteiger partial charge on any atom is -0.493 e. The Labute approximate surface area is 144 Å². The van der Waals surface area contributed by atoms with Gasteiger partial charge in [-0.2, -0.15) is 0 Å². The lowest BCUT2D eigenvalue weighted by molar-refractivity contribution is 0.356. The second-order valence-corrected chi connectivity index (χ2v) is 7.10.